The Kier molecular flexibility index (Phi) is 7.28. The van der Waals surface area contributed by atoms with Crippen LogP contribution in [0.3, 0.4) is 0 Å². The number of amides is 1. The third kappa shape index (κ3) is 6.23. The van der Waals surface area contributed by atoms with Gasteiger partial charge in [-0.2, -0.15) is 0 Å². The molecule has 1 fully saturated rings. The number of rotatable bonds is 8. The fourth-order valence-corrected chi connectivity index (χ4v) is 6.14. The summed E-state index contributed by atoms with van der Waals surface area (Å²) in [5, 5.41) is 0. The molecule has 12 heteroatoms. The molecule has 0 aliphatic carbocycles. The summed E-state index contributed by atoms with van der Waals surface area (Å²) >= 11 is 0. The highest BCUT2D eigenvalue weighted by Crippen LogP contribution is 2.20. The zero-order valence-corrected chi connectivity index (χ0v) is 19.7. The average molecular weight is 497 g/mol. The van der Waals surface area contributed by atoms with Crippen LogP contribution < -0.4 is 9.46 Å². The number of benzene rings is 2. The summed E-state index contributed by atoms with van der Waals surface area (Å²) in [5.41, 5.74) is 0.262. The Morgan fingerprint density at radius 3 is 2.45 bits per heavy atom. The molecule has 3 rings (SSSR count). The summed E-state index contributed by atoms with van der Waals surface area (Å²) in [4.78, 5) is 25.8. The molecule has 1 saturated heterocycles. The standard InChI is InChI=1S/C21H24N2O8S2/c1-23(17-10-11-32(26,27)14-17)20(24)13-31-21(25)15-4-3-5-19(12-15)33(28,29)22-16-6-8-18(30-2)9-7-16/h3-9,12,17,22H,10-11,13-14H2,1-2H3. The molecular formula is C21H24N2O8S2. The number of likely N-dealkylation sites (N-methyl/N-ethyl adjacent to an activating group) is 1. The van der Waals surface area contributed by atoms with Gasteiger partial charge in [0.2, 0.25) is 0 Å². The number of carbonyl (C=O) groups is 2. The summed E-state index contributed by atoms with van der Waals surface area (Å²) in [6.07, 6.45) is 0.333. The fourth-order valence-electron chi connectivity index (χ4n) is 3.26. The largest absolute Gasteiger partial charge is 0.497 e. The zero-order chi connectivity index (χ0) is 24.2. The Labute approximate surface area is 192 Å². The first-order chi connectivity index (χ1) is 15.5. The number of sulfone groups is 1. The van der Waals surface area contributed by atoms with Gasteiger partial charge >= 0.3 is 5.97 Å². The fraction of sp³-hybridized carbons (Fsp3) is 0.333. The topological polar surface area (TPSA) is 136 Å². The second kappa shape index (κ2) is 9.79. The molecule has 2 aromatic rings. The molecule has 178 valence electrons. The van der Waals surface area contributed by atoms with Crippen molar-refractivity contribution in [3.63, 3.8) is 0 Å². The molecule has 10 nitrogen and oxygen atoms in total. The van der Waals surface area contributed by atoms with Crippen LogP contribution in [0.5, 0.6) is 5.75 Å². The number of ether oxygens (including phenoxy) is 2. The first kappa shape index (κ1) is 24.5. The van der Waals surface area contributed by atoms with Gasteiger partial charge in [-0.15, -0.1) is 0 Å². The maximum Gasteiger partial charge on any atom is 0.338 e. The van der Waals surface area contributed by atoms with Crippen LogP contribution >= 0.6 is 0 Å². The molecule has 33 heavy (non-hydrogen) atoms. The number of esters is 1. The molecular weight excluding hydrogens is 472 g/mol. The highest BCUT2D eigenvalue weighted by atomic mass is 32.2. The first-order valence-corrected chi connectivity index (χ1v) is 13.2. The van der Waals surface area contributed by atoms with Gasteiger partial charge in [-0.25, -0.2) is 21.6 Å². The number of nitrogens with zero attached hydrogens (tertiary/aromatic N) is 1. The molecule has 1 aliphatic heterocycles. The van der Waals surface area contributed by atoms with Crippen molar-refractivity contribution < 1.29 is 35.9 Å². The van der Waals surface area contributed by atoms with Crippen LogP contribution in [0.25, 0.3) is 0 Å². The van der Waals surface area contributed by atoms with E-state index in [1.807, 2.05) is 0 Å². The highest BCUT2D eigenvalue weighted by molar-refractivity contribution is 7.92. The predicted octanol–water partition coefficient (Wildman–Crippen LogP) is 1.30. The summed E-state index contributed by atoms with van der Waals surface area (Å²) in [7, 11) is -4.20. The van der Waals surface area contributed by atoms with E-state index >= 15 is 0 Å². The lowest BCUT2D eigenvalue weighted by Crippen LogP contribution is -2.40. The number of sulfonamides is 1. The molecule has 1 atom stereocenters. The lowest BCUT2D eigenvalue weighted by molar-refractivity contribution is -0.134. The van der Waals surface area contributed by atoms with E-state index in [0.717, 1.165) is 6.07 Å². The molecule has 1 amide bonds. The summed E-state index contributed by atoms with van der Waals surface area (Å²) in [6.45, 7) is -0.590. The van der Waals surface area contributed by atoms with Crippen molar-refractivity contribution in [2.75, 3.05) is 37.0 Å². The van der Waals surface area contributed by atoms with Gasteiger partial charge < -0.3 is 14.4 Å². The van der Waals surface area contributed by atoms with Gasteiger partial charge in [-0.1, -0.05) is 6.07 Å². The minimum atomic E-state index is -3.99. The number of carbonyl (C=O) groups excluding carboxylic acids is 2. The molecule has 1 N–H and O–H groups in total. The van der Waals surface area contributed by atoms with E-state index in [0.29, 0.717) is 17.9 Å². The van der Waals surface area contributed by atoms with Crippen molar-refractivity contribution in [2.24, 2.45) is 0 Å². The second-order valence-corrected chi connectivity index (χ2v) is 11.4. The number of methoxy groups -OCH3 is 1. The maximum atomic E-state index is 12.7. The number of nitrogens with one attached hydrogen (secondary N) is 1. The van der Waals surface area contributed by atoms with Crippen LogP contribution in [0.15, 0.2) is 53.4 Å². The Bertz CT molecular complexity index is 1240. The lowest BCUT2D eigenvalue weighted by Gasteiger charge is -2.23. The molecule has 0 spiro atoms. The third-order valence-electron chi connectivity index (χ3n) is 5.20. The van der Waals surface area contributed by atoms with Gasteiger partial charge in [-0.05, 0) is 48.9 Å². The van der Waals surface area contributed by atoms with Crippen molar-refractivity contribution in [3.8, 4) is 5.75 Å². The number of hydrogen-bond acceptors (Lipinski definition) is 8. The average Bonchev–Trinajstić information content (AvgIpc) is 3.16. The first-order valence-electron chi connectivity index (χ1n) is 9.91. The second-order valence-electron chi connectivity index (χ2n) is 7.50. The van der Waals surface area contributed by atoms with E-state index in [1.54, 1.807) is 12.1 Å². The van der Waals surface area contributed by atoms with Crippen molar-refractivity contribution in [3.05, 3.63) is 54.1 Å². The zero-order valence-electron chi connectivity index (χ0n) is 18.1. The monoisotopic (exact) mass is 496 g/mol. The maximum absolute atomic E-state index is 12.7. The Morgan fingerprint density at radius 2 is 1.85 bits per heavy atom. The predicted molar refractivity (Wildman–Crippen MR) is 120 cm³/mol. The minimum absolute atomic E-state index is 0.0148. The Balaban J connectivity index is 1.63. The van der Waals surface area contributed by atoms with Gasteiger partial charge in [0.15, 0.2) is 16.4 Å². The quantitative estimate of drug-likeness (QED) is 0.540. The smallest absolute Gasteiger partial charge is 0.338 e. The molecule has 1 heterocycles. The molecule has 1 unspecified atom stereocenters. The lowest BCUT2D eigenvalue weighted by atomic mass is 10.2. The number of anilines is 1. The van der Waals surface area contributed by atoms with Crippen LogP contribution in [0, 0.1) is 0 Å². The van der Waals surface area contributed by atoms with Gasteiger partial charge in [0, 0.05) is 18.8 Å². The minimum Gasteiger partial charge on any atom is -0.497 e. The van der Waals surface area contributed by atoms with Crippen molar-refractivity contribution >= 4 is 37.4 Å². The van der Waals surface area contributed by atoms with E-state index < -0.39 is 44.4 Å². The van der Waals surface area contributed by atoms with Crippen LogP contribution in [-0.4, -0.2) is 71.9 Å². The molecule has 0 aromatic heterocycles. The van der Waals surface area contributed by atoms with Gasteiger partial charge in [0.1, 0.15) is 5.75 Å². The normalized spacial score (nSPS) is 17.2. The Hall–Kier alpha value is -3.12. The molecule has 2 aromatic carbocycles. The van der Waals surface area contributed by atoms with Crippen molar-refractivity contribution in [2.45, 2.75) is 17.4 Å². The number of hydrogen-bond donors (Lipinski definition) is 1. The van der Waals surface area contributed by atoms with E-state index in [2.05, 4.69) is 4.72 Å². The van der Waals surface area contributed by atoms with Crippen LogP contribution in [0.1, 0.15) is 16.8 Å². The van der Waals surface area contributed by atoms with Crippen molar-refractivity contribution in [1.29, 1.82) is 0 Å². The van der Waals surface area contributed by atoms with Gasteiger partial charge in [-0.3, -0.25) is 9.52 Å². The van der Waals surface area contributed by atoms with E-state index in [9.17, 15) is 26.4 Å². The van der Waals surface area contributed by atoms with E-state index in [1.165, 1.54) is 49.4 Å². The molecule has 0 bridgehead atoms. The van der Waals surface area contributed by atoms with E-state index in [4.69, 9.17) is 9.47 Å². The molecule has 0 radical (unpaired) electrons. The van der Waals surface area contributed by atoms with Gasteiger partial charge in [0.05, 0.1) is 29.1 Å². The third-order valence-corrected chi connectivity index (χ3v) is 8.33. The molecule has 0 saturated carbocycles. The van der Waals surface area contributed by atoms with Crippen LogP contribution in [0.2, 0.25) is 0 Å². The summed E-state index contributed by atoms with van der Waals surface area (Å²) in [5.74, 6) is -0.962. The molecule has 1 aliphatic rings. The highest BCUT2D eigenvalue weighted by Gasteiger charge is 2.33. The van der Waals surface area contributed by atoms with Crippen LogP contribution in [-0.2, 0) is 29.4 Å². The Morgan fingerprint density at radius 1 is 1.15 bits per heavy atom. The SMILES string of the molecule is COc1ccc(NS(=O)(=O)c2cccc(C(=O)OCC(=O)N(C)C3CCS(=O)(=O)C3)c2)cc1. The van der Waals surface area contributed by atoms with Crippen LogP contribution in [0.4, 0.5) is 5.69 Å². The van der Waals surface area contributed by atoms with Crippen molar-refractivity contribution in [1.82, 2.24) is 4.90 Å². The summed E-state index contributed by atoms with van der Waals surface area (Å²) in [6, 6.07) is 11.0. The summed E-state index contributed by atoms with van der Waals surface area (Å²) < 4.78 is 61.0. The van der Waals surface area contributed by atoms with Gasteiger partial charge in [0.25, 0.3) is 15.9 Å². The van der Waals surface area contributed by atoms with E-state index in [-0.39, 0.29) is 22.0 Å².